The van der Waals surface area contributed by atoms with E-state index in [0.717, 1.165) is 26.1 Å². The highest BCUT2D eigenvalue weighted by Gasteiger charge is 2.36. The lowest BCUT2D eigenvalue weighted by molar-refractivity contribution is -0.0878. The minimum Gasteiger partial charge on any atom is -0.396 e. The molecule has 2 N–H and O–H groups in total. The maximum absolute atomic E-state index is 8.69. The molecule has 0 spiro atoms. The van der Waals surface area contributed by atoms with Crippen LogP contribution in [0.1, 0.15) is 13.3 Å². The molecule has 0 bridgehead atoms. The van der Waals surface area contributed by atoms with Crippen LogP contribution in [0.3, 0.4) is 0 Å². The van der Waals surface area contributed by atoms with E-state index in [0.29, 0.717) is 0 Å². The van der Waals surface area contributed by atoms with Crippen molar-refractivity contribution < 1.29 is 9.84 Å². The molecule has 3 heteroatoms. The average Bonchev–Trinajstić information content (AvgIpc) is 1.84. The first-order valence-electron chi connectivity index (χ1n) is 3.78. The molecule has 0 aromatic heterocycles. The minimum atomic E-state index is -0.0382. The van der Waals surface area contributed by atoms with E-state index in [1.54, 1.807) is 0 Å². The SMILES string of the molecule is CCOC1(CCO)CNC1. The van der Waals surface area contributed by atoms with Crippen molar-refractivity contribution in [3.05, 3.63) is 0 Å². The van der Waals surface area contributed by atoms with Gasteiger partial charge in [0.25, 0.3) is 0 Å². The Bertz CT molecular complexity index is 93.8. The zero-order valence-corrected chi connectivity index (χ0v) is 6.39. The fourth-order valence-corrected chi connectivity index (χ4v) is 1.26. The third-order valence-electron chi connectivity index (χ3n) is 1.91. The van der Waals surface area contributed by atoms with E-state index >= 15 is 0 Å². The third-order valence-corrected chi connectivity index (χ3v) is 1.91. The summed E-state index contributed by atoms with van der Waals surface area (Å²) >= 11 is 0. The molecule has 3 nitrogen and oxygen atoms in total. The number of aliphatic hydroxyl groups is 1. The van der Waals surface area contributed by atoms with Crippen molar-refractivity contribution in [3.63, 3.8) is 0 Å². The molecule has 0 saturated carbocycles. The number of hydrogen-bond donors (Lipinski definition) is 2. The number of ether oxygens (including phenoxy) is 1. The fourth-order valence-electron chi connectivity index (χ4n) is 1.26. The van der Waals surface area contributed by atoms with E-state index in [1.807, 2.05) is 6.92 Å². The molecule has 1 saturated heterocycles. The summed E-state index contributed by atoms with van der Waals surface area (Å²) in [5.41, 5.74) is -0.0382. The molecule has 0 aliphatic carbocycles. The smallest absolute Gasteiger partial charge is 0.0951 e. The van der Waals surface area contributed by atoms with Crippen LogP contribution < -0.4 is 5.32 Å². The van der Waals surface area contributed by atoms with Crippen molar-refractivity contribution in [2.75, 3.05) is 26.3 Å². The van der Waals surface area contributed by atoms with Crippen LogP contribution >= 0.6 is 0 Å². The second kappa shape index (κ2) is 3.32. The van der Waals surface area contributed by atoms with Gasteiger partial charge in [0.15, 0.2) is 0 Å². The van der Waals surface area contributed by atoms with Crippen LogP contribution in [0.4, 0.5) is 0 Å². The summed E-state index contributed by atoms with van der Waals surface area (Å²) in [6.07, 6.45) is 0.758. The topological polar surface area (TPSA) is 41.5 Å². The molecule has 0 aromatic rings. The summed E-state index contributed by atoms with van der Waals surface area (Å²) in [6.45, 7) is 4.73. The van der Waals surface area contributed by atoms with Crippen molar-refractivity contribution in [1.29, 1.82) is 0 Å². The molecule has 0 amide bonds. The predicted molar refractivity (Wildman–Crippen MR) is 38.9 cm³/mol. The summed E-state index contributed by atoms with van der Waals surface area (Å²) in [6, 6.07) is 0. The van der Waals surface area contributed by atoms with Gasteiger partial charge in [0, 0.05) is 32.7 Å². The largest absolute Gasteiger partial charge is 0.396 e. The predicted octanol–water partition coefficient (Wildman–Crippen LogP) is -0.253. The molecule has 60 valence electrons. The quantitative estimate of drug-likeness (QED) is 0.573. The van der Waals surface area contributed by atoms with Gasteiger partial charge in [0.1, 0.15) is 0 Å². The summed E-state index contributed by atoms with van der Waals surface area (Å²) in [4.78, 5) is 0. The molecular weight excluding hydrogens is 130 g/mol. The Morgan fingerprint density at radius 1 is 1.60 bits per heavy atom. The maximum Gasteiger partial charge on any atom is 0.0951 e. The normalized spacial score (nSPS) is 22.2. The molecule has 0 atom stereocenters. The van der Waals surface area contributed by atoms with Crippen LogP contribution in [0, 0.1) is 0 Å². The Morgan fingerprint density at radius 2 is 2.30 bits per heavy atom. The first-order chi connectivity index (χ1) is 4.83. The second-order valence-electron chi connectivity index (χ2n) is 2.69. The van der Waals surface area contributed by atoms with E-state index in [4.69, 9.17) is 9.84 Å². The molecule has 10 heavy (non-hydrogen) atoms. The zero-order valence-electron chi connectivity index (χ0n) is 6.39. The summed E-state index contributed by atoms with van der Waals surface area (Å²) in [5.74, 6) is 0. The van der Waals surface area contributed by atoms with Crippen LogP contribution in [0.25, 0.3) is 0 Å². The molecule has 0 aromatic carbocycles. The van der Waals surface area contributed by atoms with Crippen molar-refractivity contribution >= 4 is 0 Å². The Morgan fingerprint density at radius 3 is 2.60 bits per heavy atom. The van der Waals surface area contributed by atoms with Gasteiger partial charge in [0.2, 0.25) is 0 Å². The molecule has 1 fully saturated rings. The molecule has 0 unspecified atom stereocenters. The Balaban J connectivity index is 2.27. The average molecular weight is 145 g/mol. The molecule has 1 heterocycles. The van der Waals surface area contributed by atoms with Crippen molar-refractivity contribution in [1.82, 2.24) is 5.32 Å². The Hall–Kier alpha value is -0.120. The van der Waals surface area contributed by atoms with E-state index in [9.17, 15) is 0 Å². The number of hydrogen-bond acceptors (Lipinski definition) is 3. The first kappa shape index (κ1) is 7.98. The number of aliphatic hydroxyl groups excluding tert-OH is 1. The van der Waals surface area contributed by atoms with Crippen LogP contribution in [0.2, 0.25) is 0 Å². The van der Waals surface area contributed by atoms with Gasteiger partial charge in [-0.1, -0.05) is 0 Å². The number of rotatable bonds is 4. The molecule has 1 rings (SSSR count). The van der Waals surface area contributed by atoms with Gasteiger partial charge in [-0.25, -0.2) is 0 Å². The van der Waals surface area contributed by atoms with E-state index in [2.05, 4.69) is 5.32 Å². The van der Waals surface area contributed by atoms with Crippen molar-refractivity contribution in [3.8, 4) is 0 Å². The Kier molecular flexibility index (Phi) is 2.65. The standard InChI is InChI=1S/C7H15NO2/c1-2-10-7(3-4-9)5-8-6-7/h8-9H,2-6H2,1H3. The van der Waals surface area contributed by atoms with Crippen LogP contribution in [-0.4, -0.2) is 37.0 Å². The van der Waals surface area contributed by atoms with Gasteiger partial charge < -0.3 is 15.2 Å². The highest BCUT2D eigenvalue weighted by molar-refractivity contribution is 4.94. The van der Waals surface area contributed by atoms with E-state index in [1.165, 1.54) is 0 Å². The zero-order chi connectivity index (χ0) is 7.45. The first-order valence-corrected chi connectivity index (χ1v) is 3.78. The van der Waals surface area contributed by atoms with Crippen LogP contribution in [-0.2, 0) is 4.74 Å². The molecule has 0 radical (unpaired) electrons. The van der Waals surface area contributed by atoms with Crippen LogP contribution in [0.5, 0.6) is 0 Å². The van der Waals surface area contributed by atoms with Gasteiger partial charge in [-0.3, -0.25) is 0 Å². The van der Waals surface area contributed by atoms with Gasteiger partial charge in [-0.05, 0) is 6.92 Å². The van der Waals surface area contributed by atoms with E-state index in [-0.39, 0.29) is 12.2 Å². The highest BCUT2D eigenvalue weighted by atomic mass is 16.5. The molecular formula is C7H15NO2. The van der Waals surface area contributed by atoms with Crippen LogP contribution in [0.15, 0.2) is 0 Å². The second-order valence-corrected chi connectivity index (χ2v) is 2.69. The number of nitrogens with one attached hydrogen (secondary N) is 1. The maximum atomic E-state index is 8.69. The summed E-state index contributed by atoms with van der Waals surface area (Å²) in [7, 11) is 0. The van der Waals surface area contributed by atoms with Gasteiger partial charge in [-0.2, -0.15) is 0 Å². The summed E-state index contributed by atoms with van der Waals surface area (Å²) < 4.78 is 5.48. The fraction of sp³-hybridized carbons (Fsp3) is 1.00. The lowest BCUT2D eigenvalue weighted by atomic mass is 9.93. The highest BCUT2D eigenvalue weighted by Crippen LogP contribution is 2.20. The van der Waals surface area contributed by atoms with Gasteiger partial charge in [-0.15, -0.1) is 0 Å². The third kappa shape index (κ3) is 1.48. The van der Waals surface area contributed by atoms with Crippen molar-refractivity contribution in [2.45, 2.75) is 18.9 Å². The minimum absolute atomic E-state index is 0.0382. The van der Waals surface area contributed by atoms with Gasteiger partial charge >= 0.3 is 0 Å². The lowest BCUT2D eigenvalue weighted by Gasteiger charge is -2.41. The lowest BCUT2D eigenvalue weighted by Crippen LogP contribution is -2.61. The van der Waals surface area contributed by atoms with Gasteiger partial charge in [0.05, 0.1) is 5.60 Å². The molecule has 1 aliphatic rings. The monoisotopic (exact) mass is 145 g/mol. The van der Waals surface area contributed by atoms with Crippen molar-refractivity contribution in [2.24, 2.45) is 0 Å². The summed E-state index contributed by atoms with van der Waals surface area (Å²) in [5, 5.41) is 11.8. The Labute approximate surface area is 61.4 Å². The van der Waals surface area contributed by atoms with E-state index < -0.39 is 0 Å². The molecule has 1 aliphatic heterocycles.